The Hall–Kier alpha value is -0.670. The van der Waals surface area contributed by atoms with Crippen LogP contribution >= 0.6 is 11.8 Å². The molecule has 1 aromatic rings. The van der Waals surface area contributed by atoms with E-state index >= 15 is 0 Å². The molecule has 0 unspecified atom stereocenters. The smallest absolute Gasteiger partial charge is 0.119 e. The summed E-state index contributed by atoms with van der Waals surface area (Å²) in [6.07, 6.45) is 2.39. The van der Waals surface area contributed by atoms with E-state index < -0.39 is 0 Å². The Balaban J connectivity index is 2.40. The molecule has 0 aliphatic rings. The second kappa shape index (κ2) is 7.05. The first kappa shape index (κ1) is 15.4. The fourth-order valence-electron chi connectivity index (χ4n) is 1.54. The SMILES string of the molecule is CSC(C)(C)CNCc1ccc(OC(C)C)cc1. The summed E-state index contributed by atoms with van der Waals surface area (Å²) in [6.45, 7) is 10.5. The maximum absolute atomic E-state index is 5.62. The van der Waals surface area contributed by atoms with Gasteiger partial charge in [0, 0.05) is 17.8 Å². The Morgan fingerprint density at radius 2 is 1.83 bits per heavy atom. The minimum atomic E-state index is 0.233. The van der Waals surface area contributed by atoms with E-state index in [-0.39, 0.29) is 6.10 Å². The normalized spacial score (nSPS) is 11.9. The largest absolute Gasteiger partial charge is 0.491 e. The highest BCUT2D eigenvalue weighted by Crippen LogP contribution is 2.20. The molecule has 3 heteroatoms. The van der Waals surface area contributed by atoms with Gasteiger partial charge >= 0.3 is 0 Å². The standard InChI is InChI=1S/C15H25NOS/c1-12(2)17-14-8-6-13(7-9-14)10-16-11-15(3,4)18-5/h6-9,12,16H,10-11H2,1-5H3. The Labute approximate surface area is 116 Å². The predicted octanol–water partition coefficient (Wildman–Crippen LogP) is 3.71. The van der Waals surface area contributed by atoms with Crippen molar-refractivity contribution in [3.05, 3.63) is 29.8 Å². The van der Waals surface area contributed by atoms with Crippen LogP contribution in [0.1, 0.15) is 33.3 Å². The number of nitrogens with one attached hydrogen (secondary N) is 1. The van der Waals surface area contributed by atoms with Crippen molar-refractivity contribution in [1.82, 2.24) is 5.32 Å². The summed E-state index contributed by atoms with van der Waals surface area (Å²) in [5.41, 5.74) is 1.29. The lowest BCUT2D eigenvalue weighted by Crippen LogP contribution is -2.31. The van der Waals surface area contributed by atoms with E-state index in [1.807, 2.05) is 37.7 Å². The average Bonchev–Trinajstić information content (AvgIpc) is 2.30. The fraction of sp³-hybridized carbons (Fsp3) is 0.600. The third-order valence-corrected chi connectivity index (χ3v) is 3.98. The van der Waals surface area contributed by atoms with Crippen molar-refractivity contribution in [1.29, 1.82) is 0 Å². The maximum Gasteiger partial charge on any atom is 0.119 e. The molecule has 18 heavy (non-hydrogen) atoms. The van der Waals surface area contributed by atoms with E-state index in [0.29, 0.717) is 4.75 Å². The lowest BCUT2D eigenvalue weighted by Gasteiger charge is -2.22. The van der Waals surface area contributed by atoms with Crippen molar-refractivity contribution in [2.45, 2.75) is 45.1 Å². The van der Waals surface area contributed by atoms with Gasteiger partial charge in [0.15, 0.2) is 0 Å². The summed E-state index contributed by atoms with van der Waals surface area (Å²) >= 11 is 1.89. The van der Waals surface area contributed by atoms with Crippen molar-refractivity contribution in [2.24, 2.45) is 0 Å². The molecule has 0 fully saturated rings. The highest BCUT2D eigenvalue weighted by atomic mass is 32.2. The summed E-state index contributed by atoms with van der Waals surface area (Å²) in [5, 5.41) is 3.49. The first-order chi connectivity index (χ1) is 8.43. The van der Waals surface area contributed by atoms with Gasteiger partial charge in [-0.2, -0.15) is 11.8 Å². The molecule has 0 bridgehead atoms. The highest BCUT2D eigenvalue weighted by Gasteiger charge is 2.14. The Morgan fingerprint density at radius 1 is 1.22 bits per heavy atom. The molecule has 0 aliphatic carbocycles. The summed E-state index contributed by atoms with van der Waals surface area (Å²) < 4.78 is 5.91. The van der Waals surface area contributed by atoms with E-state index in [1.165, 1.54) is 5.56 Å². The Kier molecular flexibility index (Phi) is 6.03. The zero-order valence-electron chi connectivity index (χ0n) is 12.1. The second-order valence-corrected chi connectivity index (χ2v) is 6.89. The van der Waals surface area contributed by atoms with E-state index in [9.17, 15) is 0 Å². The van der Waals surface area contributed by atoms with Gasteiger partial charge in [0.2, 0.25) is 0 Å². The van der Waals surface area contributed by atoms with E-state index in [4.69, 9.17) is 4.74 Å². The molecular formula is C15H25NOS. The van der Waals surface area contributed by atoms with Gasteiger partial charge in [0.05, 0.1) is 6.10 Å². The molecule has 0 atom stereocenters. The third kappa shape index (κ3) is 5.78. The number of rotatable bonds is 7. The molecule has 0 spiro atoms. The molecule has 1 aromatic carbocycles. The van der Waals surface area contributed by atoms with Crippen LogP contribution in [0.4, 0.5) is 0 Å². The molecule has 0 amide bonds. The Morgan fingerprint density at radius 3 is 2.33 bits per heavy atom. The van der Waals surface area contributed by atoms with Crippen LogP contribution < -0.4 is 10.1 Å². The van der Waals surface area contributed by atoms with Crippen LogP contribution in [0.25, 0.3) is 0 Å². The van der Waals surface area contributed by atoms with Crippen LogP contribution in [0.2, 0.25) is 0 Å². The van der Waals surface area contributed by atoms with Gasteiger partial charge in [-0.05, 0) is 51.6 Å². The van der Waals surface area contributed by atoms with E-state index in [2.05, 4.69) is 37.6 Å². The van der Waals surface area contributed by atoms with E-state index in [1.54, 1.807) is 0 Å². The first-order valence-corrected chi connectivity index (χ1v) is 7.67. The number of thioether (sulfide) groups is 1. The van der Waals surface area contributed by atoms with Crippen molar-refractivity contribution in [3.8, 4) is 5.75 Å². The molecule has 0 saturated heterocycles. The van der Waals surface area contributed by atoms with Gasteiger partial charge < -0.3 is 10.1 Å². The van der Waals surface area contributed by atoms with Gasteiger partial charge in [0.1, 0.15) is 5.75 Å². The highest BCUT2D eigenvalue weighted by molar-refractivity contribution is 7.99. The van der Waals surface area contributed by atoms with Crippen molar-refractivity contribution in [2.75, 3.05) is 12.8 Å². The van der Waals surface area contributed by atoms with E-state index in [0.717, 1.165) is 18.8 Å². The number of ether oxygens (including phenoxy) is 1. The zero-order chi connectivity index (χ0) is 13.6. The molecule has 102 valence electrons. The minimum Gasteiger partial charge on any atom is -0.491 e. The molecule has 0 saturated carbocycles. The zero-order valence-corrected chi connectivity index (χ0v) is 12.9. The number of hydrogen-bond donors (Lipinski definition) is 1. The van der Waals surface area contributed by atoms with Gasteiger partial charge in [-0.25, -0.2) is 0 Å². The number of hydrogen-bond acceptors (Lipinski definition) is 3. The topological polar surface area (TPSA) is 21.3 Å². The minimum absolute atomic E-state index is 0.233. The van der Waals surface area contributed by atoms with Crippen molar-refractivity contribution >= 4 is 11.8 Å². The van der Waals surface area contributed by atoms with Crippen LogP contribution in [0, 0.1) is 0 Å². The fourth-order valence-corrected chi connectivity index (χ4v) is 1.78. The predicted molar refractivity (Wildman–Crippen MR) is 81.5 cm³/mol. The molecule has 1 N–H and O–H groups in total. The quantitative estimate of drug-likeness (QED) is 0.814. The molecule has 0 aliphatic heterocycles. The molecule has 1 rings (SSSR count). The molecular weight excluding hydrogens is 242 g/mol. The summed E-state index contributed by atoms with van der Waals surface area (Å²) in [6, 6.07) is 8.32. The van der Waals surface area contributed by atoms with Gasteiger partial charge in [-0.15, -0.1) is 0 Å². The van der Waals surface area contributed by atoms with Crippen molar-refractivity contribution < 1.29 is 4.74 Å². The Bertz CT molecular complexity index is 346. The first-order valence-electron chi connectivity index (χ1n) is 6.44. The lowest BCUT2D eigenvalue weighted by atomic mass is 10.2. The monoisotopic (exact) mass is 267 g/mol. The molecule has 0 aromatic heterocycles. The van der Waals surface area contributed by atoms with Crippen LogP contribution in [-0.2, 0) is 6.54 Å². The maximum atomic E-state index is 5.62. The third-order valence-electron chi connectivity index (χ3n) is 2.73. The molecule has 2 nitrogen and oxygen atoms in total. The molecule has 0 radical (unpaired) electrons. The van der Waals surface area contributed by atoms with Gasteiger partial charge in [0.25, 0.3) is 0 Å². The van der Waals surface area contributed by atoms with Crippen LogP contribution in [-0.4, -0.2) is 23.7 Å². The van der Waals surface area contributed by atoms with Crippen LogP contribution in [0.15, 0.2) is 24.3 Å². The summed E-state index contributed by atoms with van der Waals surface area (Å²) in [5.74, 6) is 0.943. The average molecular weight is 267 g/mol. The van der Waals surface area contributed by atoms with Gasteiger partial charge in [-0.1, -0.05) is 12.1 Å². The summed E-state index contributed by atoms with van der Waals surface area (Å²) in [7, 11) is 0. The van der Waals surface area contributed by atoms with Crippen molar-refractivity contribution in [3.63, 3.8) is 0 Å². The molecule has 0 heterocycles. The van der Waals surface area contributed by atoms with Crippen LogP contribution in [0.5, 0.6) is 5.75 Å². The van der Waals surface area contributed by atoms with Crippen LogP contribution in [0.3, 0.4) is 0 Å². The summed E-state index contributed by atoms with van der Waals surface area (Å²) in [4.78, 5) is 0. The lowest BCUT2D eigenvalue weighted by molar-refractivity contribution is 0.242. The number of benzene rings is 1. The van der Waals surface area contributed by atoms with Gasteiger partial charge in [-0.3, -0.25) is 0 Å². The second-order valence-electron chi connectivity index (χ2n) is 5.38.